The van der Waals surface area contributed by atoms with Crippen LogP contribution in [0.4, 0.5) is 0 Å². The third-order valence-corrected chi connectivity index (χ3v) is 2.49. The number of hydrogen-bond donors (Lipinski definition) is 3. The van der Waals surface area contributed by atoms with Gasteiger partial charge in [0, 0.05) is 19.9 Å². The first-order valence-corrected chi connectivity index (χ1v) is 5.96. The highest BCUT2D eigenvalue weighted by Gasteiger charge is 2.10. The van der Waals surface area contributed by atoms with Crippen molar-refractivity contribution in [2.75, 3.05) is 6.54 Å². The fourth-order valence-electron chi connectivity index (χ4n) is 1.25. The van der Waals surface area contributed by atoms with Gasteiger partial charge in [0.2, 0.25) is 11.8 Å². The lowest BCUT2D eigenvalue weighted by Gasteiger charge is -2.08. The Labute approximate surface area is 115 Å². The van der Waals surface area contributed by atoms with E-state index in [-0.39, 0.29) is 24.4 Å². The van der Waals surface area contributed by atoms with Gasteiger partial charge in [-0.05, 0) is 12.1 Å². The van der Waals surface area contributed by atoms with Crippen LogP contribution >= 0.6 is 11.6 Å². The Bertz CT molecular complexity index is 491. The van der Waals surface area contributed by atoms with Crippen molar-refractivity contribution in [2.24, 2.45) is 0 Å². The van der Waals surface area contributed by atoms with Crippen molar-refractivity contribution in [1.82, 2.24) is 16.2 Å². The van der Waals surface area contributed by atoms with Crippen LogP contribution in [0.1, 0.15) is 23.7 Å². The van der Waals surface area contributed by atoms with Gasteiger partial charge in [0.15, 0.2) is 0 Å². The average molecular weight is 284 g/mol. The highest BCUT2D eigenvalue weighted by atomic mass is 35.5. The van der Waals surface area contributed by atoms with Gasteiger partial charge < -0.3 is 5.32 Å². The second-order valence-electron chi connectivity index (χ2n) is 3.72. The molecule has 0 spiro atoms. The summed E-state index contributed by atoms with van der Waals surface area (Å²) in [6.07, 6.45) is 0.0718. The van der Waals surface area contributed by atoms with Crippen molar-refractivity contribution in [3.8, 4) is 0 Å². The van der Waals surface area contributed by atoms with Crippen LogP contribution in [0.25, 0.3) is 0 Å². The summed E-state index contributed by atoms with van der Waals surface area (Å²) >= 11 is 5.83. The van der Waals surface area contributed by atoms with E-state index in [9.17, 15) is 14.4 Å². The summed E-state index contributed by atoms with van der Waals surface area (Å²) in [5.74, 6) is -1.12. The van der Waals surface area contributed by atoms with Crippen molar-refractivity contribution in [2.45, 2.75) is 13.3 Å². The average Bonchev–Trinajstić information content (AvgIpc) is 2.36. The van der Waals surface area contributed by atoms with Crippen molar-refractivity contribution in [1.29, 1.82) is 0 Å². The number of benzene rings is 1. The lowest BCUT2D eigenvalue weighted by molar-refractivity contribution is -0.122. The number of hydrogen-bond acceptors (Lipinski definition) is 3. The normalized spacial score (nSPS) is 9.58. The van der Waals surface area contributed by atoms with Gasteiger partial charge in [0.05, 0.1) is 10.6 Å². The molecule has 0 atom stereocenters. The van der Waals surface area contributed by atoms with E-state index in [4.69, 9.17) is 11.6 Å². The Morgan fingerprint density at radius 1 is 1.16 bits per heavy atom. The summed E-state index contributed by atoms with van der Waals surface area (Å²) in [6.45, 7) is 1.57. The van der Waals surface area contributed by atoms with Crippen LogP contribution < -0.4 is 16.2 Å². The van der Waals surface area contributed by atoms with Gasteiger partial charge in [0.25, 0.3) is 5.91 Å². The molecule has 0 unspecified atom stereocenters. The third kappa shape index (κ3) is 5.39. The molecule has 0 saturated carbocycles. The zero-order valence-electron chi connectivity index (χ0n) is 10.3. The molecule has 0 aliphatic rings. The van der Waals surface area contributed by atoms with Gasteiger partial charge in [-0.2, -0.15) is 0 Å². The van der Waals surface area contributed by atoms with Gasteiger partial charge in [-0.25, -0.2) is 0 Å². The number of rotatable bonds is 4. The molecule has 0 aromatic heterocycles. The van der Waals surface area contributed by atoms with E-state index in [1.54, 1.807) is 24.3 Å². The molecule has 0 fully saturated rings. The van der Waals surface area contributed by atoms with Gasteiger partial charge in [-0.1, -0.05) is 23.7 Å². The van der Waals surface area contributed by atoms with E-state index >= 15 is 0 Å². The minimum atomic E-state index is -0.501. The molecule has 1 aromatic carbocycles. The summed E-state index contributed by atoms with van der Waals surface area (Å²) in [6, 6.07) is 6.49. The molecule has 19 heavy (non-hydrogen) atoms. The maximum absolute atomic E-state index is 11.7. The Balaban J connectivity index is 2.36. The van der Waals surface area contributed by atoms with Crippen LogP contribution in [0.15, 0.2) is 24.3 Å². The molecule has 3 amide bonds. The topological polar surface area (TPSA) is 87.3 Å². The van der Waals surface area contributed by atoms with Crippen LogP contribution in [-0.4, -0.2) is 24.3 Å². The van der Waals surface area contributed by atoms with Crippen LogP contribution in [0.2, 0.25) is 5.02 Å². The highest BCUT2D eigenvalue weighted by molar-refractivity contribution is 6.33. The fourth-order valence-corrected chi connectivity index (χ4v) is 1.48. The molecule has 6 nitrogen and oxygen atoms in total. The Hall–Kier alpha value is -2.08. The zero-order valence-corrected chi connectivity index (χ0v) is 11.1. The third-order valence-electron chi connectivity index (χ3n) is 2.16. The van der Waals surface area contributed by atoms with Crippen molar-refractivity contribution >= 4 is 29.3 Å². The molecular formula is C12H14ClN3O3. The van der Waals surface area contributed by atoms with Gasteiger partial charge in [-0.15, -0.1) is 0 Å². The van der Waals surface area contributed by atoms with E-state index in [1.165, 1.54) is 6.92 Å². The summed E-state index contributed by atoms with van der Waals surface area (Å²) in [7, 11) is 0. The number of nitrogens with one attached hydrogen (secondary N) is 3. The molecule has 3 N–H and O–H groups in total. The number of hydrazine groups is 1. The number of carbonyl (C=O) groups is 3. The number of halogens is 1. The first-order chi connectivity index (χ1) is 9.00. The van der Waals surface area contributed by atoms with Gasteiger partial charge in [0.1, 0.15) is 0 Å². The lowest BCUT2D eigenvalue weighted by atomic mass is 10.2. The maximum atomic E-state index is 11.7. The van der Waals surface area contributed by atoms with Crippen molar-refractivity contribution in [3.05, 3.63) is 34.9 Å². The molecule has 7 heteroatoms. The van der Waals surface area contributed by atoms with Crippen LogP contribution in [0.3, 0.4) is 0 Å². The van der Waals surface area contributed by atoms with Gasteiger partial charge >= 0.3 is 0 Å². The maximum Gasteiger partial charge on any atom is 0.271 e. The molecule has 0 heterocycles. The van der Waals surface area contributed by atoms with Crippen molar-refractivity contribution < 1.29 is 14.4 Å². The summed E-state index contributed by atoms with van der Waals surface area (Å²) < 4.78 is 0. The Morgan fingerprint density at radius 3 is 2.47 bits per heavy atom. The van der Waals surface area contributed by atoms with Crippen molar-refractivity contribution in [3.63, 3.8) is 0 Å². The van der Waals surface area contributed by atoms with E-state index in [1.807, 2.05) is 0 Å². The summed E-state index contributed by atoms with van der Waals surface area (Å²) in [5.41, 5.74) is 4.75. The fraction of sp³-hybridized carbons (Fsp3) is 0.250. The largest absolute Gasteiger partial charge is 0.356 e. The molecular weight excluding hydrogens is 270 g/mol. The molecule has 0 bridgehead atoms. The second-order valence-corrected chi connectivity index (χ2v) is 4.12. The first-order valence-electron chi connectivity index (χ1n) is 5.59. The highest BCUT2D eigenvalue weighted by Crippen LogP contribution is 2.13. The Kier molecular flexibility index (Phi) is 5.81. The molecule has 0 aliphatic carbocycles. The molecule has 102 valence electrons. The second kappa shape index (κ2) is 7.38. The van der Waals surface area contributed by atoms with E-state index < -0.39 is 11.8 Å². The predicted octanol–water partition coefficient (Wildman–Crippen LogP) is 0.627. The van der Waals surface area contributed by atoms with Crippen LogP contribution in [0, 0.1) is 0 Å². The Morgan fingerprint density at radius 2 is 1.84 bits per heavy atom. The lowest BCUT2D eigenvalue weighted by Crippen LogP contribution is -2.42. The van der Waals surface area contributed by atoms with E-state index in [0.29, 0.717) is 5.02 Å². The molecule has 1 rings (SSSR count). The SMILES string of the molecule is CC(=O)NCCC(=O)NNC(=O)c1ccccc1Cl. The molecule has 0 saturated heterocycles. The summed E-state index contributed by atoms with van der Waals surface area (Å²) in [4.78, 5) is 33.6. The van der Waals surface area contributed by atoms with Crippen LogP contribution in [-0.2, 0) is 9.59 Å². The van der Waals surface area contributed by atoms with Crippen LogP contribution in [0.5, 0.6) is 0 Å². The molecule has 0 radical (unpaired) electrons. The molecule has 1 aromatic rings. The minimum Gasteiger partial charge on any atom is -0.356 e. The monoisotopic (exact) mass is 283 g/mol. The zero-order chi connectivity index (χ0) is 14.3. The quantitative estimate of drug-likeness (QED) is 0.708. The molecule has 0 aliphatic heterocycles. The van der Waals surface area contributed by atoms with E-state index in [0.717, 1.165) is 0 Å². The summed E-state index contributed by atoms with van der Waals surface area (Å²) in [5, 5.41) is 2.77. The standard InChI is InChI=1S/C12H14ClN3O3/c1-8(17)14-7-6-11(18)15-16-12(19)9-4-2-3-5-10(9)13/h2-5H,6-7H2,1H3,(H,14,17)(H,15,18)(H,16,19). The minimum absolute atomic E-state index is 0.0718. The van der Waals surface area contributed by atoms with E-state index in [2.05, 4.69) is 16.2 Å². The predicted molar refractivity (Wildman–Crippen MR) is 70.4 cm³/mol. The van der Waals surface area contributed by atoms with Gasteiger partial charge in [-0.3, -0.25) is 25.2 Å². The smallest absolute Gasteiger partial charge is 0.271 e. The number of amides is 3. The first kappa shape index (κ1) is 15.0. The number of carbonyl (C=O) groups excluding carboxylic acids is 3.